The molecule has 5 aromatic rings. The summed E-state index contributed by atoms with van der Waals surface area (Å²) in [6.45, 7) is 8.46. The number of fused-ring (bicyclic) bond motifs is 2. The third kappa shape index (κ3) is 5.65. The molecule has 1 aliphatic heterocycles. The average Bonchev–Trinajstić information content (AvgIpc) is 3.56. The van der Waals surface area contributed by atoms with Crippen molar-refractivity contribution in [3.05, 3.63) is 85.1 Å². The molecule has 1 aliphatic rings. The van der Waals surface area contributed by atoms with E-state index in [0.29, 0.717) is 42.5 Å². The summed E-state index contributed by atoms with van der Waals surface area (Å²) >= 11 is 0. The predicted molar refractivity (Wildman–Crippen MR) is 161 cm³/mol. The molecule has 42 heavy (non-hydrogen) atoms. The zero-order chi connectivity index (χ0) is 29.2. The largest absolute Gasteiger partial charge is 0.457 e. The van der Waals surface area contributed by atoms with Gasteiger partial charge in [0.1, 0.15) is 30.0 Å². The number of amides is 1. The Morgan fingerprint density at radius 1 is 1.07 bits per heavy atom. The normalized spacial score (nSPS) is 15.3. The number of rotatable bonds is 10. The fourth-order valence-electron chi connectivity index (χ4n) is 4.89. The van der Waals surface area contributed by atoms with Crippen LogP contribution in [0.5, 0.6) is 11.5 Å². The van der Waals surface area contributed by atoms with Crippen molar-refractivity contribution in [3.63, 3.8) is 0 Å². The molecule has 1 N–H and O–H groups in total. The molecule has 4 heterocycles. The molecule has 3 aromatic heterocycles. The highest BCUT2D eigenvalue weighted by atomic mass is 16.5. The topological polar surface area (TPSA) is 110 Å². The smallest absolute Gasteiger partial charge is 0.254 e. The Balaban J connectivity index is 1.19. The van der Waals surface area contributed by atoms with E-state index in [2.05, 4.69) is 36.8 Å². The molecule has 1 fully saturated rings. The predicted octanol–water partition coefficient (Wildman–Crippen LogP) is 4.61. The van der Waals surface area contributed by atoms with Crippen LogP contribution in [0.3, 0.4) is 0 Å². The van der Waals surface area contributed by atoms with Crippen molar-refractivity contribution >= 4 is 39.6 Å². The number of aryl methyl sites for hydroxylation is 1. The number of pyridine rings is 1. The molecule has 2 aromatic carbocycles. The van der Waals surface area contributed by atoms with Gasteiger partial charge in [-0.1, -0.05) is 6.58 Å². The van der Waals surface area contributed by atoms with Crippen molar-refractivity contribution in [1.29, 1.82) is 0 Å². The number of likely N-dealkylation sites (N-methyl/N-ethyl adjacent to an activating group) is 1. The number of benzene rings is 2. The molecule has 1 atom stereocenters. The van der Waals surface area contributed by atoms with Gasteiger partial charge < -0.3 is 24.6 Å². The maximum absolute atomic E-state index is 13.1. The molecule has 214 valence electrons. The third-order valence-electron chi connectivity index (χ3n) is 7.27. The quantitative estimate of drug-likeness (QED) is 0.192. The molecule has 0 radical (unpaired) electrons. The fraction of sp³-hybridized carbons (Fsp3) is 0.258. The van der Waals surface area contributed by atoms with E-state index in [1.807, 2.05) is 75.7 Å². The first kappa shape index (κ1) is 27.3. The lowest BCUT2D eigenvalue weighted by Gasteiger charge is -2.18. The van der Waals surface area contributed by atoms with E-state index in [4.69, 9.17) is 9.47 Å². The number of hydrogen-bond donors (Lipinski definition) is 1. The third-order valence-corrected chi connectivity index (χ3v) is 7.27. The van der Waals surface area contributed by atoms with Crippen molar-refractivity contribution in [2.75, 3.05) is 50.6 Å². The van der Waals surface area contributed by atoms with Crippen LogP contribution < -0.4 is 15.0 Å². The van der Waals surface area contributed by atoms with Crippen LogP contribution in [0, 0.1) is 12.8 Å². The van der Waals surface area contributed by atoms with Crippen molar-refractivity contribution in [1.82, 2.24) is 29.5 Å². The Kier molecular flexibility index (Phi) is 7.51. The molecule has 6 rings (SSSR count). The second-order valence-corrected chi connectivity index (χ2v) is 10.6. The van der Waals surface area contributed by atoms with Crippen LogP contribution in [0.2, 0.25) is 0 Å². The Labute approximate surface area is 243 Å². The molecule has 11 heteroatoms. The van der Waals surface area contributed by atoms with Crippen LogP contribution in [0.4, 0.5) is 17.2 Å². The molecular formula is C31H32N8O3. The minimum Gasteiger partial charge on any atom is -0.457 e. The van der Waals surface area contributed by atoms with Gasteiger partial charge in [0, 0.05) is 53.6 Å². The number of nitrogens with one attached hydrogen (secondary N) is 1. The van der Waals surface area contributed by atoms with Crippen LogP contribution in [-0.2, 0) is 9.53 Å². The van der Waals surface area contributed by atoms with Gasteiger partial charge in [-0.2, -0.15) is 5.10 Å². The van der Waals surface area contributed by atoms with Gasteiger partial charge in [-0.25, -0.2) is 19.5 Å². The average molecular weight is 565 g/mol. The number of carbonyl (C=O) groups excluding carboxylic acids is 1. The van der Waals surface area contributed by atoms with Gasteiger partial charge in [0.25, 0.3) is 5.91 Å². The lowest BCUT2D eigenvalue weighted by Crippen LogP contribution is -2.25. The second kappa shape index (κ2) is 11.6. The summed E-state index contributed by atoms with van der Waals surface area (Å²) in [6.07, 6.45) is 4.84. The highest BCUT2D eigenvalue weighted by molar-refractivity contribution is 6.09. The molecule has 0 saturated carbocycles. The Bertz CT molecular complexity index is 1780. The first-order valence-electron chi connectivity index (χ1n) is 13.7. The number of anilines is 3. The summed E-state index contributed by atoms with van der Waals surface area (Å²) < 4.78 is 13.6. The maximum Gasteiger partial charge on any atom is 0.254 e. The molecular weight excluding hydrogens is 532 g/mol. The second-order valence-electron chi connectivity index (χ2n) is 10.6. The number of nitrogens with zero attached hydrogens (tertiary/aromatic N) is 7. The minimum absolute atomic E-state index is 0.0537. The Hall–Kier alpha value is -4.87. The minimum atomic E-state index is -0.0868. The van der Waals surface area contributed by atoms with E-state index in [9.17, 15) is 4.79 Å². The fourth-order valence-corrected chi connectivity index (χ4v) is 4.89. The summed E-state index contributed by atoms with van der Waals surface area (Å²) in [4.78, 5) is 30.1. The summed E-state index contributed by atoms with van der Waals surface area (Å²) in [5.74, 6) is 1.90. The molecule has 0 aliphatic carbocycles. The van der Waals surface area contributed by atoms with Gasteiger partial charge in [-0.3, -0.25) is 4.79 Å². The molecule has 1 unspecified atom stereocenters. The maximum atomic E-state index is 13.1. The van der Waals surface area contributed by atoms with Crippen molar-refractivity contribution in [2.24, 2.45) is 5.92 Å². The molecule has 1 amide bonds. The van der Waals surface area contributed by atoms with Gasteiger partial charge in [-0.15, -0.1) is 0 Å². The van der Waals surface area contributed by atoms with Crippen molar-refractivity contribution in [2.45, 2.75) is 6.92 Å². The summed E-state index contributed by atoms with van der Waals surface area (Å²) in [6, 6.07) is 15.3. The van der Waals surface area contributed by atoms with Gasteiger partial charge >= 0.3 is 0 Å². The van der Waals surface area contributed by atoms with E-state index in [1.165, 1.54) is 12.7 Å². The number of ether oxygens (including phenoxy) is 2. The molecule has 1 saturated heterocycles. The standard InChI is InChI=1S/C31H32N8O3/c1-20-13-23(5-8-28(20)42-25-9-10-39-29(15-25)33-19-35-39)36-30-26-14-24(6-7-27(26)32-18-34-30)38-16-22(21(2)31(38)40)17-41-12-11-37(3)4/h5-10,13-15,18-19,22H,2,11-12,16-17H2,1,3-4H3,(H,32,34,36). The van der Waals surface area contributed by atoms with E-state index in [-0.39, 0.29) is 11.8 Å². The highest BCUT2D eigenvalue weighted by Gasteiger charge is 2.34. The zero-order valence-corrected chi connectivity index (χ0v) is 23.8. The van der Waals surface area contributed by atoms with Crippen molar-refractivity contribution in [3.8, 4) is 11.5 Å². The van der Waals surface area contributed by atoms with Crippen LogP contribution in [-0.4, -0.2) is 75.8 Å². The monoisotopic (exact) mass is 564 g/mol. The summed E-state index contributed by atoms with van der Waals surface area (Å²) in [7, 11) is 4.01. The first-order valence-corrected chi connectivity index (χ1v) is 13.7. The van der Waals surface area contributed by atoms with Gasteiger partial charge in [0.2, 0.25) is 0 Å². The number of aromatic nitrogens is 5. The van der Waals surface area contributed by atoms with Gasteiger partial charge in [-0.05, 0) is 69.0 Å². The zero-order valence-electron chi connectivity index (χ0n) is 23.8. The van der Waals surface area contributed by atoms with E-state index >= 15 is 0 Å². The van der Waals surface area contributed by atoms with E-state index < -0.39 is 0 Å². The number of hydrogen-bond acceptors (Lipinski definition) is 9. The molecule has 11 nitrogen and oxygen atoms in total. The lowest BCUT2D eigenvalue weighted by atomic mass is 10.1. The Morgan fingerprint density at radius 3 is 2.79 bits per heavy atom. The van der Waals surface area contributed by atoms with Gasteiger partial charge in [0.05, 0.1) is 18.7 Å². The van der Waals surface area contributed by atoms with Gasteiger partial charge in [0.15, 0.2) is 5.65 Å². The molecule has 0 bridgehead atoms. The first-order chi connectivity index (χ1) is 20.4. The van der Waals surface area contributed by atoms with Crippen molar-refractivity contribution < 1.29 is 14.3 Å². The summed E-state index contributed by atoms with van der Waals surface area (Å²) in [5.41, 5.74) is 4.61. The number of carbonyl (C=O) groups is 1. The van der Waals surface area contributed by atoms with Crippen LogP contribution in [0.1, 0.15) is 5.56 Å². The summed E-state index contributed by atoms with van der Waals surface area (Å²) in [5, 5.41) is 8.34. The van der Waals surface area contributed by atoms with E-state index in [1.54, 1.807) is 9.42 Å². The van der Waals surface area contributed by atoms with Crippen LogP contribution >= 0.6 is 0 Å². The van der Waals surface area contributed by atoms with E-state index in [0.717, 1.165) is 40.1 Å². The SMILES string of the molecule is C=C1C(=O)N(c2ccc3ncnc(Nc4ccc(Oc5ccn6ncnc6c5)c(C)c4)c3c2)CC1COCCN(C)C. The molecule has 0 spiro atoms. The van der Waals surface area contributed by atoms with Crippen LogP contribution in [0.25, 0.3) is 16.6 Å². The van der Waals surface area contributed by atoms with Crippen LogP contribution in [0.15, 0.2) is 79.5 Å². The Morgan fingerprint density at radius 2 is 1.95 bits per heavy atom. The highest BCUT2D eigenvalue weighted by Crippen LogP contribution is 2.34. The lowest BCUT2D eigenvalue weighted by molar-refractivity contribution is -0.114.